The highest BCUT2D eigenvalue weighted by molar-refractivity contribution is 6.63. The summed E-state index contributed by atoms with van der Waals surface area (Å²) in [5, 5.41) is 17.7. The van der Waals surface area contributed by atoms with E-state index in [0.29, 0.717) is 0 Å². The maximum Gasteiger partial charge on any atom is 0.224 e. The van der Waals surface area contributed by atoms with Gasteiger partial charge in [-0.2, -0.15) is 0 Å². The average molecular weight is 193 g/mol. The van der Waals surface area contributed by atoms with Crippen LogP contribution in [0.25, 0.3) is 0 Å². The summed E-state index contributed by atoms with van der Waals surface area (Å²) in [6, 6.07) is 0. The molecule has 1 heterocycles. The standard InChI is InChI=1S/C7H9ClO4/c1-3-6(10)7(11)4(12-3)2-5(8)9/h1,3-4,6-7,10-11H,2H2/t3-,4+,6?,7-/m0/s1. The molecule has 0 bridgehead atoms. The van der Waals surface area contributed by atoms with Gasteiger partial charge in [0.2, 0.25) is 5.24 Å². The summed E-state index contributed by atoms with van der Waals surface area (Å²) in [5.74, 6) is 0. The number of aliphatic hydroxyl groups is 2. The predicted molar refractivity (Wildman–Crippen MR) is 40.5 cm³/mol. The molecular formula is C7H9ClO4. The fraction of sp³-hybridized carbons (Fsp3) is 0.714. The van der Waals surface area contributed by atoms with Crippen molar-refractivity contribution in [3.8, 4) is 0 Å². The van der Waals surface area contributed by atoms with Gasteiger partial charge in [-0.3, -0.25) is 4.79 Å². The van der Waals surface area contributed by atoms with E-state index in [-0.39, 0.29) is 6.42 Å². The van der Waals surface area contributed by atoms with E-state index < -0.39 is 29.7 Å². The Bertz CT molecular complexity index is 184. The van der Waals surface area contributed by atoms with Crippen molar-refractivity contribution in [2.45, 2.75) is 30.8 Å². The monoisotopic (exact) mass is 192 g/mol. The van der Waals surface area contributed by atoms with Gasteiger partial charge in [0, 0.05) is 0 Å². The minimum absolute atomic E-state index is 0.145. The quantitative estimate of drug-likeness (QED) is 0.571. The van der Waals surface area contributed by atoms with Crippen LogP contribution in [0.15, 0.2) is 0 Å². The summed E-state index contributed by atoms with van der Waals surface area (Å²) in [5.41, 5.74) is 0. The zero-order valence-corrected chi connectivity index (χ0v) is 6.94. The van der Waals surface area contributed by atoms with Crippen molar-refractivity contribution < 1.29 is 19.7 Å². The van der Waals surface area contributed by atoms with Crippen LogP contribution in [-0.4, -0.2) is 39.9 Å². The Balaban J connectivity index is 2.52. The molecule has 0 aliphatic carbocycles. The van der Waals surface area contributed by atoms with Crippen molar-refractivity contribution in [1.82, 2.24) is 0 Å². The summed E-state index contributed by atoms with van der Waals surface area (Å²) >= 11 is 5.07. The fourth-order valence-electron chi connectivity index (χ4n) is 1.10. The van der Waals surface area contributed by atoms with Gasteiger partial charge < -0.3 is 14.9 Å². The number of ether oxygens (including phenoxy) is 1. The van der Waals surface area contributed by atoms with Gasteiger partial charge >= 0.3 is 0 Å². The number of carbonyl (C=O) groups excluding carboxylic acids is 1. The van der Waals surface area contributed by atoms with Crippen LogP contribution in [0.5, 0.6) is 0 Å². The van der Waals surface area contributed by atoms with Crippen LogP contribution >= 0.6 is 11.6 Å². The molecule has 1 saturated heterocycles. The van der Waals surface area contributed by atoms with E-state index in [1.54, 1.807) is 0 Å². The molecule has 0 spiro atoms. The van der Waals surface area contributed by atoms with Crippen LogP contribution in [-0.2, 0) is 9.53 Å². The highest BCUT2D eigenvalue weighted by Gasteiger charge is 2.40. The molecule has 2 radical (unpaired) electrons. The number of hydrogen-bond acceptors (Lipinski definition) is 4. The molecule has 4 atom stereocenters. The number of halogens is 1. The third-order valence-electron chi connectivity index (χ3n) is 1.76. The van der Waals surface area contributed by atoms with E-state index in [0.717, 1.165) is 0 Å². The maximum absolute atomic E-state index is 10.4. The molecule has 1 aliphatic heterocycles. The number of carbonyl (C=O) groups is 1. The Labute approximate surface area is 75.1 Å². The van der Waals surface area contributed by atoms with Crippen molar-refractivity contribution in [3.63, 3.8) is 0 Å². The minimum atomic E-state index is -1.15. The molecule has 0 saturated carbocycles. The molecule has 0 aromatic rings. The molecule has 4 nitrogen and oxygen atoms in total. The molecule has 1 fully saturated rings. The summed E-state index contributed by atoms with van der Waals surface area (Å²) in [4.78, 5) is 10.4. The summed E-state index contributed by atoms with van der Waals surface area (Å²) in [6.45, 7) is 5.25. The van der Waals surface area contributed by atoms with Gasteiger partial charge in [-0.15, -0.1) is 0 Å². The topological polar surface area (TPSA) is 66.8 Å². The lowest BCUT2D eigenvalue weighted by Gasteiger charge is -2.11. The molecule has 5 heteroatoms. The van der Waals surface area contributed by atoms with E-state index in [9.17, 15) is 9.90 Å². The van der Waals surface area contributed by atoms with Crippen molar-refractivity contribution in [1.29, 1.82) is 0 Å². The van der Waals surface area contributed by atoms with Gasteiger partial charge in [0.15, 0.2) is 0 Å². The lowest BCUT2D eigenvalue weighted by atomic mass is 10.1. The van der Waals surface area contributed by atoms with E-state index in [4.69, 9.17) is 28.4 Å². The second-order valence-electron chi connectivity index (χ2n) is 2.68. The largest absolute Gasteiger partial charge is 0.388 e. The smallest absolute Gasteiger partial charge is 0.224 e. The van der Waals surface area contributed by atoms with Crippen LogP contribution in [0.1, 0.15) is 6.42 Å². The van der Waals surface area contributed by atoms with Gasteiger partial charge in [0.05, 0.1) is 18.6 Å². The van der Waals surface area contributed by atoms with Gasteiger partial charge in [-0.05, 0) is 18.5 Å². The maximum atomic E-state index is 10.4. The molecule has 2 N–H and O–H groups in total. The third kappa shape index (κ3) is 1.95. The lowest BCUT2D eigenvalue weighted by Crippen LogP contribution is -2.32. The summed E-state index contributed by atoms with van der Waals surface area (Å²) in [6.07, 6.45) is -4.16. The number of rotatable bonds is 2. The van der Waals surface area contributed by atoms with Crippen molar-refractivity contribution in [2.24, 2.45) is 0 Å². The summed E-state index contributed by atoms with van der Waals surface area (Å²) < 4.78 is 4.87. The first kappa shape index (κ1) is 9.92. The zero-order valence-electron chi connectivity index (χ0n) is 6.18. The van der Waals surface area contributed by atoms with E-state index in [1.165, 1.54) is 0 Å². The first-order valence-electron chi connectivity index (χ1n) is 3.48. The van der Waals surface area contributed by atoms with Crippen LogP contribution in [0, 0.1) is 6.92 Å². The van der Waals surface area contributed by atoms with Crippen LogP contribution in [0.3, 0.4) is 0 Å². The second-order valence-corrected chi connectivity index (χ2v) is 3.10. The lowest BCUT2D eigenvalue weighted by molar-refractivity contribution is -0.115. The van der Waals surface area contributed by atoms with E-state index >= 15 is 0 Å². The number of hydrogen-bond donors (Lipinski definition) is 2. The Morgan fingerprint density at radius 3 is 2.42 bits per heavy atom. The molecule has 1 aliphatic rings. The minimum Gasteiger partial charge on any atom is -0.388 e. The zero-order chi connectivity index (χ0) is 9.30. The Morgan fingerprint density at radius 1 is 1.50 bits per heavy atom. The normalized spacial score (nSPS) is 41.7. The first-order chi connectivity index (χ1) is 5.52. The third-order valence-corrected chi connectivity index (χ3v) is 1.92. The van der Waals surface area contributed by atoms with Crippen LogP contribution < -0.4 is 0 Å². The Kier molecular flexibility index (Phi) is 3.06. The Morgan fingerprint density at radius 2 is 2.08 bits per heavy atom. The average Bonchev–Trinajstić information content (AvgIpc) is 2.17. The molecule has 1 unspecified atom stereocenters. The summed E-state index contributed by atoms with van der Waals surface area (Å²) in [7, 11) is 0. The van der Waals surface area contributed by atoms with Gasteiger partial charge in [0.25, 0.3) is 0 Å². The predicted octanol–water partition coefficient (Wildman–Crippen LogP) is -0.658. The van der Waals surface area contributed by atoms with Gasteiger partial charge in [0.1, 0.15) is 12.2 Å². The van der Waals surface area contributed by atoms with Gasteiger partial charge in [-0.25, -0.2) is 0 Å². The van der Waals surface area contributed by atoms with Crippen molar-refractivity contribution in [3.05, 3.63) is 6.92 Å². The molecular weight excluding hydrogens is 184 g/mol. The van der Waals surface area contributed by atoms with Crippen LogP contribution in [0.2, 0.25) is 0 Å². The molecule has 12 heavy (non-hydrogen) atoms. The Hall–Kier alpha value is -0.160. The van der Waals surface area contributed by atoms with E-state index in [2.05, 4.69) is 0 Å². The molecule has 0 aromatic carbocycles. The molecule has 0 amide bonds. The van der Waals surface area contributed by atoms with E-state index in [1.807, 2.05) is 0 Å². The fourth-order valence-corrected chi connectivity index (χ4v) is 1.26. The molecule has 1 rings (SSSR count). The highest BCUT2D eigenvalue weighted by atomic mass is 35.5. The first-order valence-corrected chi connectivity index (χ1v) is 3.85. The molecule has 68 valence electrons. The van der Waals surface area contributed by atoms with Crippen molar-refractivity contribution in [2.75, 3.05) is 0 Å². The molecule has 0 aromatic heterocycles. The highest BCUT2D eigenvalue weighted by Crippen LogP contribution is 2.23. The van der Waals surface area contributed by atoms with Crippen molar-refractivity contribution >= 4 is 16.8 Å². The van der Waals surface area contributed by atoms with Gasteiger partial charge in [-0.1, -0.05) is 0 Å². The second kappa shape index (κ2) is 3.70. The van der Waals surface area contributed by atoms with Crippen LogP contribution in [0.4, 0.5) is 0 Å². The number of aliphatic hydroxyl groups excluding tert-OH is 2. The SMILES string of the molecule is [CH][C@@H]1O[C@H](CC(=O)Cl)[C@H](O)C1O.